The van der Waals surface area contributed by atoms with Crippen LogP contribution in [0.2, 0.25) is 0 Å². The number of piperidine rings is 1. The number of carbonyl (C=O) groups excluding carboxylic acids is 1. The highest BCUT2D eigenvalue weighted by Gasteiger charge is 2.27. The molecule has 1 aliphatic heterocycles. The maximum atomic E-state index is 13.9. The Balaban J connectivity index is 2.12. The van der Waals surface area contributed by atoms with E-state index in [9.17, 15) is 9.18 Å². The molecule has 1 fully saturated rings. The zero-order valence-electron chi connectivity index (χ0n) is 13.3. The molecule has 0 radical (unpaired) electrons. The second kappa shape index (κ2) is 8.08. The van der Waals surface area contributed by atoms with Crippen LogP contribution in [-0.4, -0.2) is 41.9 Å². The number of amides is 1. The first-order valence-electron chi connectivity index (χ1n) is 7.94. The van der Waals surface area contributed by atoms with Crippen molar-refractivity contribution in [2.45, 2.75) is 38.3 Å². The number of allylic oxidation sites excluding steroid dienone is 1. The standard InChI is InChI=1S/C18H25FN2O/c1-3-4-9-18(22)21(16-10-12-20(2)13-11-16)14-15-7-5-6-8-17(15)19/h3,5-8,16H,1,4,9-14H2,2H3. The Kier molecular flexibility index (Phi) is 6.13. The first kappa shape index (κ1) is 16.7. The number of hydrogen-bond acceptors (Lipinski definition) is 2. The molecule has 0 aromatic heterocycles. The van der Waals surface area contributed by atoms with E-state index in [0.29, 0.717) is 24.9 Å². The van der Waals surface area contributed by atoms with E-state index >= 15 is 0 Å². The Bertz CT molecular complexity index is 510. The summed E-state index contributed by atoms with van der Waals surface area (Å²) in [6, 6.07) is 6.92. The molecular weight excluding hydrogens is 279 g/mol. The largest absolute Gasteiger partial charge is 0.335 e. The molecule has 2 rings (SSSR count). The molecule has 1 aromatic carbocycles. The summed E-state index contributed by atoms with van der Waals surface area (Å²) >= 11 is 0. The number of carbonyl (C=O) groups is 1. The second-order valence-electron chi connectivity index (χ2n) is 5.97. The van der Waals surface area contributed by atoms with Gasteiger partial charge in [0.2, 0.25) is 5.91 Å². The van der Waals surface area contributed by atoms with Gasteiger partial charge in [0.15, 0.2) is 0 Å². The lowest BCUT2D eigenvalue weighted by Crippen LogP contribution is -2.46. The molecule has 0 atom stereocenters. The highest BCUT2D eigenvalue weighted by Crippen LogP contribution is 2.21. The minimum absolute atomic E-state index is 0.0951. The lowest BCUT2D eigenvalue weighted by atomic mass is 10.0. The van der Waals surface area contributed by atoms with Crippen LogP contribution in [0.4, 0.5) is 4.39 Å². The Labute approximate surface area is 132 Å². The van der Waals surface area contributed by atoms with E-state index in [1.807, 2.05) is 11.0 Å². The molecule has 0 N–H and O–H groups in total. The van der Waals surface area contributed by atoms with Gasteiger partial charge < -0.3 is 9.80 Å². The molecule has 0 unspecified atom stereocenters. The third-order valence-corrected chi connectivity index (χ3v) is 4.31. The van der Waals surface area contributed by atoms with E-state index in [4.69, 9.17) is 0 Å². The summed E-state index contributed by atoms with van der Waals surface area (Å²) in [5.74, 6) is -0.144. The zero-order valence-corrected chi connectivity index (χ0v) is 13.3. The van der Waals surface area contributed by atoms with Crippen LogP contribution in [0.15, 0.2) is 36.9 Å². The van der Waals surface area contributed by atoms with Crippen LogP contribution in [0.25, 0.3) is 0 Å². The fourth-order valence-corrected chi connectivity index (χ4v) is 2.91. The molecule has 22 heavy (non-hydrogen) atoms. The molecule has 3 nitrogen and oxygen atoms in total. The summed E-state index contributed by atoms with van der Waals surface area (Å²) in [6.45, 7) is 5.99. The normalized spacial score (nSPS) is 16.5. The molecule has 0 spiro atoms. The van der Waals surface area contributed by atoms with E-state index in [2.05, 4.69) is 18.5 Å². The fraction of sp³-hybridized carbons (Fsp3) is 0.500. The fourth-order valence-electron chi connectivity index (χ4n) is 2.91. The van der Waals surface area contributed by atoms with Gasteiger partial charge in [-0.25, -0.2) is 4.39 Å². The van der Waals surface area contributed by atoms with Gasteiger partial charge >= 0.3 is 0 Å². The lowest BCUT2D eigenvalue weighted by Gasteiger charge is -2.37. The minimum Gasteiger partial charge on any atom is -0.335 e. The number of nitrogens with zero attached hydrogens (tertiary/aromatic N) is 2. The van der Waals surface area contributed by atoms with Gasteiger partial charge in [-0.05, 0) is 45.5 Å². The van der Waals surface area contributed by atoms with Crippen molar-refractivity contribution in [2.24, 2.45) is 0 Å². The SMILES string of the molecule is C=CCCC(=O)N(Cc1ccccc1F)C1CCN(C)CC1. The van der Waals surface area contributed by atoms with Crippen molar-refractivity contribution >= 4 is 5.91 Å². The minimum atomic E-state index is -0.239. The topological polar surface area (TPSA) is 23.6 Å². The Morgan fingerprint density at radius 2 is 2.09 bits per heavy atom. The molecule has 0 saturated carbocycles. The van der Waals surface area contributed by atoms with Gasteiger partial charge in [-0.15, -0.1) is 6.58 Å². The van der Waals surface area contributed by atoms with Crippen LogP contribution in [0.3, 0.4) is 0 Å². The molecule has 1 heterocycles. The Morgan fingerprint density at radius 1 is 1.41 bits per heavy atom. The molecule has 1 amide bonds. The van der Waals surface area contributed by atoms with Crippen molar-refractivity contribution < 1.29 is 9.18 Å². The van der Waals surface area contributed by atoms with Crippen LogP contribution < -0.4 is 0 Å². The van der Waals surface area contributed by atoms with Crippen molar-refractivity contribution in [3.05, 3.63) is 48.3 Å². The van der Waals surface area contributed by atoms with Gasteiger partial charge in [-0.3, -0.25) is 4.79 Å². The number of rotatable bonds is 6. The average molecular weight is 304 g/mol. The lowest BCUT2D eigenvalue weighted by molar-refractivity contribution is -0.135. The van der Waals surface area contributed by atoms with Crippen LogP contribution in [0.5, 0.6) is 0 Å². The highest BCUT2D eigenvalue weighted by molar-refractivity contribution is 5.76. The van der Waals surface area contributed by atoms with Crippen molar-refractivity contribution in [3.8, 4) is 0 Å². The maximum Gasteiger partial charge on any atom is 0.223 e. The van der Waals surface area contributed by atoms with Crippen molar-refractivity contribution in [2.75, 3.05) is 20.1 Å². The van der Waals surface area contributed by atoms with Gasteiger partial charge in [0, 0.05) is 24.6 Å². The van der Waals surface area contributed by atoms with Crippen LogP contribution in [0, 0.1) is 5.82 Å². The second-order valence-corrected chi connectivity index (χ2v) is 5.97. The van der Waals surface area contributed by atoms with Gasteiger partial charge in [0.1, 0.15) is 5.82 Å². The Morgan fingerprint density at radius 3 is 2.73 bits per heavy atom. The average Bonchev–Trinajstić information content (AvgIpc) is 2.53. The van der Waals surface area contributed by atoms with E-state index < -0.39 is 0 Å². The third-order valence-electron chi connectivity index (χ3n) is 4.31. The molecule has 1 saturated heterocycles. The third kappa shape index (κ3) is 4.41. The van der Waals surface area contributed by atoms with E-state index in [0.717, 1.165) is 25.9 Å². The summed E-state index contributed by atoms with van der Waals surface area (Å²) < 4.78 is 13.9. The van der Waals surface area contributed by atoms with E-state index in [1.54, 1.807) is 18.2 Å². The summed E-state index contributed by atoms with van der Waals surface area (Å²) in [5.41, 5.74) is 0.591. The number of halogens is 1. The first-order chi connectivity index (χ1) is 10.6. The van der Waals surface area contributed by atoms with Gasteiger partial charge in [-0.2, -0.15) is 0 Å². The zero-order chi connectivity index (χ0) is 15.9. The van der Waals surface area contributed by atoms with E-state index in [1.165, 1.54) is 6.07 Å². The quantitative estimate of drug-likeness (QED) is 0.753. The van der Waals surface area contributed by atoms with Crippen molar-refractivity contribution in [1.29, 1.82) is 0 Å². The number of benzene rings is 1. The predicted octanol–water partition coefficient (Wildman–Crippen LogP) is 3.21. The molecule has 1 aromatic rings. The predicted molar refractivity (Wildman–Crippen MR) is 86.9 cm³/mol. The molecule has 4 heteroatoms. The smallest absolute Gasteiger partial charge is 0.223 e. The van der Waals surface area contributed by atoms with Crippen molar-refractivity contribution in [3.63, 3.8) is 0 Å². The van der Waals surface area contributed by atoms with Gasteiger partial charge in [0.25, 0.3) is 0 Å². The van der Waals surface area contributed by atoms with Gasteiger partial charge in [0.05, 0.1) is 0 Å². The molecule has 120 valence electrons. The monoisotopic (exact) mass is 304 g/mol. The van der Waals surface area contributed by atoms with Gasteiger partial charge in [-0.1, -0.05) is 24.3 Å². The Hall–Kier alpha value is -1.68. The summed E-state index contributed by atoms with van der Waals surface area (Å²) in [4.78, 5) is 16.7. The number of likely N-dealkylation sites (tertiary alicyclic amines) is 1. The van der Waals surface area contributed by atoms with Crippen LogP contribution in [-0.2, 0) is 11.3 Å². The van der Waals surface area contributed by atoms with Crippen molar-refractivity contribution in [1.82, 2.24) is 9.80 Å². The highest BCUT2D eigenvalue weighted by atomic mass is 19.1. The van der Waals surface area contributed by atoms with E-state index in [-0.39, 0.29) is 17.8 Å². The molecule has 0 bridgehead atoms. The summed E-state index contributed by atoms with van der Waals surface area (Å²) in [7, 11) is 2.09. The molecule has 1 aliphatic rings. The maximum absolute atomic E-state index is 13.9. The molecule has 0 aliphatic carbocycles. The summed E-state index contributed by atoms with van der Waals surface area (Å²) in [6.07, 6.45) is 4.77. The summed E-state index contributed by atoms with van der Waals surface area (Å²) in [5, 5.41) is 0. The van der Waals surface area contributed by atoms with Crippen LogP contribution >= 0.6 is 0 Å². The molecular formula is C18H25FN2O. The number of hydrogen-bond donors (Lipinski definition) is 0. The van der Waals surface area contributed by atoms with Crippen LogP contribution in [0.1, 0.15) is 31.2 Å². The first-order valence-corrected chi connectivity index (χ1v) is 7.94.